The third kappa shape index (κ3) is 7.20. The van der Waals surface area contributed by atoms with Crippen LogP contribution in [-0.2, 0) is 13.1 Å². The highest BCUT2D eigenvalue weighted by atomic mass is 35.5. The van der Waals surface area contributed by atoms with Crippen molar-refractivity contribution in [2.45, 2.75) is 32.6 Å². The first-order valence-corrected chi connectivity index (χ1v) is 12.8. The molecule has 0 unspecified atom stereocenters. The zero-order valence-electron chi connectivity index (χ0n) is 21.1. The van der Waals surface area contributed by atoms with Gasteiger partial charge in [-0.2, -0.15) is 13.2 Å². The van der Waals surface area contributed by atoms with Gasteiger partial charge in [-0.05, 0) is 49.7 Å². The lowest BCUT2D eigenvalue weighted by Gasteiger charge is -2.36. The van der Waals surface area contributed by atoms with E-state index in [-0.39, 0.29) is 17.0 Å². The van der Waals surface area contributed by atoms with Gasteiger partial charge < -0.3 is 9.64 Å². The van der Waals surface area contributed by atoms with Crippen molar-refractivity contribution in [2.75, 3.05) is 44.2 Å². The van der Waals surface area contributed by atoms with Gasteiger partial charge in [-0.15, -0.1) is 0 Å². The fourth-order valence-electron chi connectivity index (χ4n) is 4.61. The molecule has 3 aromatic rings. The quantitative estimate of drug-likeness (QED) is 0.400. The van der Waals surface area contributed by atoms with Crippen LogP contribution in [0.5, 0.6) is 5.75 Å². The average molecular weight is 551 g/mol. The molecule has 4 rings (SSSR count). The summed E-state index contributed by atoms with van der Waals surface area (Å²) >= 11 is 6.07. The van der Waals surface area contributed by atoms with Crippen molar-refractivity contribution in [3.8, 4) is 5.75 Å². The number of ether oxygens (including phenoxy) is 1. The fraction of sp³-hybridized carbons (Fsp3) is 0.407. The van der Waals surface area contributed by atoms with Crippen LogP contribution in [0.15, 0.2) is 64.3 Å². The largest absolute Gasteiger partial charge is 0.482 e. The van der Waals surface area contributed by atoms with Crippen LogP contribution in [0.3, 0.4) is 0 Å². The minimum atomic E-state index is -4.40. The van der Waals surface area contributed by atoms with Crippen LogP contribution >= 0.6 is 11.6 Å². The Balaban J connectivity index is 1.34. The molecule has 2 heterocycles. The van der Waals surface area contributed by atoms with E-state index in [2.05, 4.69) is 4.90 Å². The van der Waals surface area contributed by atoms with Crippen molar-refractivity contribution >= 4 is 17.3 Å². The van der Waals surface area contributed by atoms with Gasteiger partial charge in [0.2, 0.25) is 0 Å². The highest BCUT2D eigenvalue weighted by Gasteiger charge is 2.29. The van der Waals surface area contributed by atoms with Crippen LogP contribution in [0, 0.1) is 6.92 Å². The number of para-hydroxylation sites is 2. The Hall–Kier alpha value is -3.24. The number of rotatable bonds is 9. The number of aromatic nitrogens is 2. The Kier molecular flexibility index (Phi) is 8.83. The molecule has 0 radical (unpaired) electrons. The van der Waals surface area contributed by atoms with Gasteiger partial charge in [0, 0.05) is 49.5 Å². The molecular weight excluding hydrogens is 521 g/mol. The van der Waals surface area contributed by atoms with Gasteiger partial charge in [0.05, 0.1) is 12.2 Å². The van der Waals surface area contributed by atoms with E-state index in [0.29, 0.717) is 68.5 Å². The molecule has 0 bridgehead atoms. The molecule has 0 aliphatic carbocycles. The van der Waals surface area contributed by atoms with Crippen molar-refractivity contribution in [2.24, 2.45) is 0 Å². The monoisotopic (exact) mass is 550 g/mol. The van der Waals surface area contributed by atoms with Crippen LogP contribution in [0.4, 0.5) is 18.9 Å². The highest BCUT2D eigenvalue weighted by Crippen LogP contribution is 2.30. The summed E-state index contributed by atoms with van der Waals surface area (Å²) in [5, 5.41) is 0.581. The van der Waals surface area contributed by atoms with Crippen molar-refractivity contribution in [3.05, 3.63) is 91.7 Å². The second-order valence-electron chi connectivity index (χ2n) is 9.36. The fourth-order valence-corrected chi connectivity index (χ4v) is 4.82. The lowest BCUT2D eigenvalue weighted by atomic mass is 10.2. The van der Waals surface area contributed by atoms with Crippen LogP contribution in [0.1, 0.15) is 17.5 Å². The van der Waals surface area contributed by atoms with Crippen LogP contribution < -0.4 is 20.9 Å². The first-order valence-electron chi connectivity index (χ1n) is 12.4. The minimum Gasteiger partial charge on any atom is -0.482 e. The molecule has 0 spiro atoms. The van der Waals surface area contributed by atoms with Gasteiger partial charge in [0.1, 0.15) is 5.75 Å². The highest BCUT2D eigenvalue weighted by molar-refractivity contribution is 6.30. The molecule has 1 aliphatic heterocycles. The molecule has 7 nitrogen and oxygen atoms in total. The molecule has 1 aliphatic rings. The van der Waals surface area contributed by atoms with Crippen molar-refractivity contribution in [3.63, 3.8) is 0 Å². The van der Waals surface area contributed by atoms with Crippen molar-refractivity contribution in [1.82, 2.24) is 14.0 Å². The summed E-state index contributed by atoms with van der Waals surface area (Å²) < 4.78 is 45.7. The van der Waals surface area contributed by atoms with E-state index in [4.69, 9.17) is 16.3 Å². The van der Waals surface area contributed by atoms with Crippen LogP contribution in [0.2, 0.25) is 5.02 Å². The minimum absolute atomic E-state index is 0.214. The van der Waals surface area contributed by atoms with Crippen LogP contribution in [-0.4, -0.2) is 59.5 Å². The number of hydrogen-bond acceptors (Lipinski definition) is 5. The molecule has 1 saturated heterocycles. The van der Waals surface area contributed by atoms with Gasteiger partial charge in [0.25, 0.3) is 5.56 Å². The predicted molar refractivity (Wildman–Crippen MR) is 142 cm³/mol. The number of aryl methyl sites for hydroxylation is 1. The summed E-state index contributed by atoms with van der Waals surface area (Å²) in [4.78, 5) is 30.0. The number of halogens is 4. The number of benzene rings is 2. The molecule has 1 aromatic heterocycles. The molecular formula is C27H30ClF3N4O3. The smallest absolute Gasteiger partial charge is 0.422 e. The SMILES string of the molecule is Cc1cn(Cc2cccc(Cl)c2)c(=O)n(CCCN2CCN(c3ccccc3OCC(F)(F)F)CC2)c1=O. The summed E-state index contributed by atoms with van der Waals surface area (Å²) in [6.45, 7) is 4.33. The zero-order chi connectivity index (χ0) is 27.3. The predicted octanol–water partition coefficient (Wildman–Crippen LogP) is 4.17. The van der Waals surface area contributed by atoms with E-state index >= 15 is 0 Å². The van der Waals surface area contributed by atoms with Gasteiger partial charge in [-0.3, -0.25) is 18.8 Å². The second-order valence-corrected chi connectivity index (χ2v) is 9.80. The summed E-state index contributed by atoms with van der Waals surface area (Å²) in [5.74, 6) is 0.214. The first-order chi connectivity index (χ1) is 18.1. The van der Waals surface area contributed by atoms with Gasteiger partial charge in [-0.1, -0.05) is 35.9 Å². The average Bonchev–Trinajstić information content (AvgIpc) is 2.88. The number of hydrogen-bond donors (Lipinski definition) is 0. The summed E-state index contributed by atoms with van der Waals surface area (Å²) in [6, 6.07) is 14.0. The summed E-state index contributed by atoms with van der Waals surface area (Å²) in [7, 11) is 0. The lowest BCUT2D eigenvalue weighted by Crippen LogP contribution is -2.47. The van der Waals surface area contributed by atoms with E-state index in [0.717, 1.165) is 5.56 Å². The van der Waals surface area contributed by atoms with E-state index in [1.807, 2.05) is 17.0 Å². The maximum atomic E-state index is 13.1. The Morgan fingerprint density at radius 1 is 0.974 bits per heavy atom. The van der Waals surface area contributed by atoms with E-state index in [1.54, 1.807) is 49.5 Å². The van der Waals surface area contributed by atoms with E-state index in [9.17, 15) is 22.8 Å². The molecule has 1 fully saturated rings. The maximum Gasteiger partial charge on any atom is 0.422 e. The first kappa shape index (κ1) is 27.8. The molecule has 204 valence electrons. The number of nitrogens with zero attached hydrogens (tertiary/aromatic N) is 4. The van der Waals surface area contributed by atoms with E-state index in [1.165, 1.54) is 9.13 Å². The number of anilines is 1. The summed E-state index contributed by atoms with van der Waals surface area (Å²) in [5.41, 5.74) is 1.35. The maximum absolute atomic E-state index is 13.1. The van der Waals surface area contributed by atoms with Gasteiger partial charge in [-0.25, -0.2) is 4.79 Å². The Morgan fingerprint density at radius 3 is 2.42 bits per heavy atom. The molecule has 0 N–H and O–H groups in total. The molecule has 11 heteroatoms. The van der Waals surface area contributed by atoms with E-state index < -0.39 is 12.8 Å². The standard InChI is InChI=1S/C27H30ClF3N4O3/c1-20-17-34(18-21-6-4-7-22(28)16-21)26(37)35(25(20)36)11-5-10-32-12-14-33(15-13-32)23-8-2-3-9-24(23)38-19-27(29,30)31/h2-4,6-9,16-17H,5,10-15,18-19H2,1H3. The lowest BCUT2D eigenvalue weighted by molar-refractivity contribution is -0.153. The molecule has 38 heavy (non-hydrogen) atoms. The zero-order valence-corrected chi connectivity index (χ0v) is 21.8. The third-order valence-corrected chi connectivity index (χ3v) is 6.71. The molecule has 0 amide bonds. The Morgan fingerprint density at radius 2 is 1.71 bits per heavy atom. The molecule has 0 saturated carbocycles. The normalized spacial score (nSPS) is 14.6. The van der Waals surface area contributed by atoms with Gasteiger partial charge >= 0.3 is 11.9 Å². The molecule has 0 atom stereocenters. The van der Waals surface area contributed by atoms with Crippen molar-refractivity contribution < 1.29 is 17.9 Å². The Bertz CT molecular complexity index is 1360. The summed E-state index contributed by atoms with van der Waals surface area (Å²) in [6.07, 6.45) is -2.21. The molecule has 2 aromatic carbocycles. The van der Waals surface area contributed by atoms with Crippen molar-refractivity contribution in [1.29, 1.82) is 0 Å². The number of piperazine rings is 1. The number of alkyl halides is 3. The second kappa shape index (κ2) is 12.1. The van der Waals surface area contributed by atoms with Crippen LogP contribution in [0.25, 0.3) is 0 Å². The Labute approximate surface area is 223 Å². The topological polar surface area (TPSA) is 59.7 Å². The third-order valence-electron chi connectivity index (χ3n) is 6.48. The van der Waals surface area contributed by atoms with Gasteiger partial charge in [0.15, 0.2) is 6.61 Å².